The Balaban J connectivity index is 0.00000338. The second kappa shape index (κ2) is 11.7. The molecule has 0 fully saturated rings. The molecule has 0 amide bonds. The van der Waals surface area contributed by atoms with Crippen LogP contribution in [0, 0.1) is 6.92 Å². The van der Waals surface area contributed by atoms with Crippen LogP contribution in [0.15, 0.2) is 29.5 Å². The van der Waals surface area contributed by atoms with E-state index in [1.807, 2.05) is 4.57 Å². The second-order valence-electron chi connectivity index (χ2n) is 5.77. The van der Waals surface area contributed by atoms with Crippen LogP contribution in [0.1, 0.15) is 37.2 Å². The van der Waals surface area contributed by atoms with Crippen molar-refractivity contribution in [1.29, 1.82) is 0 Å². The number of aromatic nitrogens is 3. The Morgan fingerprint density at radius 2 is 2.00 bits per heavy atom. The summed E-state index contributed by atoms with van der Waals surface area (Å²) in [5, 5.41) is 14.6. The van der Waals surface area contributed by atoms with Gasteiger partial charge in [-0.25, -0.2) is 0 Å². The van der Waals surface area contributed by atoms with E-state index in [9.17, 15) is 0 Å². The number of nitrogens with one attached hydrogen (secondary N) is 2. The molecule has 0 spiro atoms. The number of rotatable bonds is 8. The minimum absolute atomic E-state index is 0. The second-order valence-corrected chi connectivity index (χ2v) is 5.77. The predicted molar refractivity (Wildman–Crippen MR) is 115 cm³/mol. The topological polar surface area (TPSA) is 76.4 Å². The summed E-state index contributed by atoms with van der Waals surface area (Å²) >= 11 is 0. The van der Waals surface area contributed by atoms with Gasteiger partial charge in [0.2, 0.25) is 0 Å². The maximum Gasteiger partial charge on any atom is 0.191 e. The third-order valence-electron chi connectivity index (χ3n) is 3.80. The summed E-state index contributed by atoms with van der Waals surface area (Å²) in [5.74, 6) is 2.52. The summed E-state index contributed by atoms with van der Waals surface area (Å²) in [6.07, 6.45) is 2.72. The molecular weight excluding hydrogens is 443 g/mol. The number of nitrogens with zero attached hydrogens (tertiary/aromatic N) is 4. The van der Waals surface area contributed by atoms with Crippen LogP contribution < -0.4 is 15.4 Å². The van der Waals surface area contributed by atoms with Gasteiger partial charge in [-0.3, -0.25) is 4.99 Å². The van der Waals surface area contributed by atoms with Gasteiger partial charge >= 0.3 is 0 Å². The van der Waals surface area contributed by atoms with Gasteiger partial charge in [0.25, 0.3) is 0 Å². The molecule has 8 heteroatoms. The lowest BCUT2D eigenvalue weighted by atomic mass is 10.1. The van der Waals surface area contributed by atoms with Crippen LogP contribution in [0.3, 0.4) is 0 Å². The summed E-state index contributed by atoms with van der Waals surface area (Å²) in [7, 11) is 1.75. The van der Waals surface area contributed by atoms with E-state index in [1.54, 1.807) is 13.4 Å². The van der Waals surface area contributed by atoms with Gasteiger partial charge in [0.15, 0.2) is 11.8 Å². The molecule has 2 rings (SSSR count). The van der Waals surface area contributed by atoms with Crippen LogP contribution in [0.5, 0.6) is 5.75 Å². The van der Waals surface area contributed by atoms with Crippen molar-refractivity contribution in [2.24, 2.45) is 4.99 Å². The Labute approximate surface area is 172 Å². The average Bonchev–Trinajstić information content (AvgIpc) is 3.08. The fourth-order valence-electron chi connectivity index (χ4n) is 2.40. The fourth-order valence-corrected chi connectivity index (χ4v) is 2.40. The first-order chi connectivity index (χ1) is 12.2. The molecule has 0 atom stereocenters. The zero-order valence-corrected chi connectivity index (χ0v) is 18.3. The molecule has 0 aliphatic heterocycles. The van der Waals surface area contributed by atoms with Gasteiger partial charge < -0.3 is 19.9 Å². The zero-order chi connectivity index (χ0) is 18.1. The lowest BCUT2D eigenvalue weighted by Gasteiger charge is -2.15. The smallest absolute Gasteiger partial charge is 0.191 e. The molecule has 2 N–H and O–H groups in total. The van der Waals surface area contributed by atoms with Crippen LogP contribution in [0.4, 0.5) is 0 Å². The normalized spacial score (nSPS) is 11.0. The lowest BCUT2D eigenvalue weighted by molar-refractivity contribution is 0.313. The molecule has 0 aliphatic rings. The van der Waals surface area contributed by atoms with Crippen molar-refractivity contribution in [3.05, 3.63) is 41.5 Å². The lowest BCUT2D eigenvalue weighted by Crippen LogP contribution is -2.37. The van der Waals surface area contributed by atoms with Crippen molar-refractivity contribution in [3.8, 4) is 5.75 Å². The Morgan fingerprint density at radius 1 is 1.23 bits per heavy atom. The Kier molecular flexibility index (Phi) is 10.0. The molecule has 1 heterocycles. The van der Waals surface area contributed by atoms with Crippen molar-refractivity contribution in [1.82, 2.24) is 25.4 Å². The van der Waals surface area contributed by atoms with Crippen molar-refractivity contribution in [2.45, 2.75) is 46.8 Å². The molecule has 7 nitrogen and oxygen atoms in total. The number of ether oxygens (including phenoxy) is 1. The third kappa shape index (κ3) is 6.47. The Bertz CT molecular complexity index is 701. The SMILES string of the molecule is CCCOc1cc(C)ccc1CNC(=NC)NCc1nncn1CC.I. The minimum atomic E-state index is 0. The van der Waals surface area contributed by atoms with Crippen LogP contribution in [0.2, 0.25) is 0 Å². The van der Waals surface area contributed by atoms with E-state index in [2.05, 4.69) is 64.8 Å². The van der Waals surface area contributed by atoms with E-state index >= 15 is 0 Å². The number of guanidine groups is 1. The first kappa shape index (κ1) is 22.2. The Morgan fingerprint density at radius 3 is 2.69 bits per heavy atom. The number of hydrogen-bond acceptors (Lipinski definition) is 4. The highest BCUT2D eigenvalue weighted by atomic mass is 127. The van der Waals surface area contributed by atoms with E-state index in [4.69, 9.17) is 4.74 Å². The zero-order valence-electron chi connectivity index (χ0n) is 16.0. The largest absolute Gasteiger partial charge is 0.493 e. The summed E-state index contributed by atoms with van der Waals surface area (Å²) in [6, 6.07) is 6.26. The summed E-state index contributed by atoms with van der Waals surface area (Å²) < 4.78 is 7.86. The van der Waals surface area contributed by atoms with Crippen LogP contribution in [-0.4, -0.2) is 34.4 Å². The van der Waals surface area contributed by atoms with Gasteiger partial charge in [-0.05, 0) is 31.9 Å². The van der Waals surface area contributed by atoms with Crippen LogP contribution in [-0.2, 0) is 19.6 Å². The standard InChI is InChI=1S/C18H28N6O.HI/c1-5-9-25-16-10-14(3)7-8-15(16)11-20-18(19-4)21-12-17-23-22-13-24(17)6-2;/h7-8,10,13H,5-6,9,11-12H2,1-4H3,(H2,19,20,21);1H. The number of hydrogen-bond donors (Lipinski definition) is 2. The van der Waals surface area contributed by atoms with Gasteiger partial charge in [0, 0.05) is 25.7 Å². The number of halogens is 1. The van der Waals surface area contributed by atoms with E-state index in [0.717, 1.165) is 36.7 Å². The minimum Gasteiger partial charge on any atom is -0.493 e. The first-order valence-corrected chi connectivity index (χ1v) is 8.71. The average molecular weight is 472 g/mol. The molecule has 2 aromatic rings. The number of aliphatic imine (C=N–C) groups is 1. The van der Waals surface area contributed by atoms with E-state index < -0.39 is 0 Å². The number of aryl methyl sites for hydroxylation is 2. The summed E-state index contributed by atoms with van der Waals surface area (Å²) in [4.78, 5) is 4.26. The first-order valence-electron chi connectivity index (χ1n) is 8.71. The van der Waals surface area contributed by atoms with Gasteiger partial charge in [-0.15, -0.1) is 34.2 Å². The molecule has 0 saturated heterocycles. The summed E-state index contributed by atoms with van der Waals surface area (Å²) in [5.41, 5.74) is 2.30. The molecule has 0 radical (unpaired) electrons. The molecule has 1 aromatic heterocycles. The van der Waals surface area contributed by atoms with Gasteiger partial charge in [-0.1, -0.05) is 19.1 Å². The maximum absolute atomic E-state index is 5.86. The summed E-state index contributed by atoms with van der Waals surface area (Å²) in [6.45, 7) is 9.01. The quantitative estimate of drug-likeness (QED) is 0.351. The molecule has 26 heavy (non-hydrogen) atoms. The van der Waals surface area contributed by atoms with Gasteiger partial charge in [0.05, 0.1) is 13.2 Å². The highest BCUT2D eigenvalue weighted by Gasteiger charge is 2.07. The third-order valence-corrected chi connectivity index (χ3v) is 3.80. The molecular formula is C18H29IN6O. The number of benzene rings is 1. The molecule has 1 aromatic carbocycles. The van der Waals surface area contributed by atoms with Crippen molar-refractivity contribution >= 4 is 29.9 Å². The van der Waals surface area contributed by atoms with Gasteiger partial charge in [0.1, 0.15) is 12.1 Å². The maximum atomic E-state index is 5.86. The Hall–Kier alpha value is -1.84. The van der Waals surface area contributed by atoms with E-state index in [0.29, 0.717) is 19.0 Å². The highest BCUT2D eigenvalue weighted by Crippen LogP contribution is 2.20. The van der Waals surface area contributed by atoms with Crippen molar-refractivity contribution in [2.75, 3.05) is 13.7 Å². The molecule has 144 valence electrons. The predicted octanol–water partition coefficient (Wildman–Crippen LogP) is 2.88. The van der Waals surface area contributed by atoms with Crippen LogP contribution >= 0.6 is 24.0 Å². The monoisotopic (exact) mass is 472 g/mol. The van der Waals surface area contributed by atoms with Gasteiger partial charge in [-0.2, -0.15) is 0 Å². The van der Waals surface area contributed by atoms with Crippen molar-refractivity contribution < 1.29 is 4.74 Å². The molecule has 0 saturated carbocycles. The molecule has 0 unspecified atom stereocenters. The fraction of sp³-hybridized carbons (Fsp3) is 0.500. The van der Waals surface area contributed by atoms with E-state index in [1.165, 1.54) is 5.56 Å². The highest BCUT2D eigenvalue weighted by molar-refractivity contribution is 14.0. The van der Waals surface area contributed by atoms with Crippen LogP contribution in [0.25, 0.3) is 0 Å². The van der Waals surface area contributed by atoms with Crippen molar-refractivity contribution in [3.63, 3.8) is 0 Å². The molecule has 0 aliphatic carbocycles. The van der Waals surface area contributed by atoms with E-state index in [-0.39, 0.29) is 24.0 Å². The molecule has 0 bridgehead atoms.